The van der Waals surface area contributed by atoms with Crippen molar-refractivity contribution in [2.75, 3.05) is 6.54 Å². The van der Waals surface area contributed by atoms with Gasteiger partial charge in [-0.3, -0.25) is 4.79 Å². The summed E-state index contributed by atoms with van der Waals surface area (Å²) in [6.07, 6.45) is 15.2. The SMILES string of the molecule is C1=CCCCCCC1.NCCCC[C@H](N)C(=O)O. The van der Waals surface area contributed by atoms with Crippen LogP contribution in [0.25, 0.3) is 0 Å². The van der Waals surface area contributed by atoms with Gasteiger partial charge < -0.3 is 16.6 Å². The number of hydrogen-bond acceptors (Lipinski definition) is 3. The molecule has 5 N–H and O–H groups in total. The van der Waals surface area contributed by atoms with E-state index < -0.39 is 12.0 Å². The van der Waals surface area contributed by atoms with Crippen LogP contribution in [0.3, 0.4) is 0 Å². The number of carboxylic acids is 1. The topological polar surface area (TPSA) is 89.3 Å². The third kappa shape index (κ3) is 11.6. The van der Waals surface area contributed by atoms with Crippen molar-refractivity contribution in [3.05, 3.63) is 12.2 Å². The largest absolute Gasteiger partial charge is 0.480 e. The molecule has 1 aliphatic rings. The van der Waals surface area contributed by atoms with Gasteiger partial charge in [0, 0.05) is 0 Å². The molecular formula is C14H28N2O2. The van der Waals surface area contributed by atoms with Crippen LogP contribution in [0.2, 0.25) is 0 Å². The number of unbranched alkanes of at least 4 members (excludes halogenated alkanes) is 1. The fraction of sp³-hybridized carbons (Fsp3) is 0.786. The Morgan fingerprint density at radius 2 is 1.67 bits per heavy atom. The van der Waals surface area contributed by atoms with E-state index in [0.29, 0.717) is 13.0 Å². The van der Waals surface area contributed by atoms with Crippen LogP contribution in [0, 0.1) is 0 Å². The average molecular weight is 256 g/mol. The molecule has 0 amide bonds. The summed E-state index contributed by atoms with van der Waals surface area (Å²) < 4.78 is 0. The van der Waals surface area contributed by atoms with Crippen molar-refractivity contribution in [3.8, 4) is 0 Å². The molecule has 0 aromatic rings. The Labute approximate surface area is 110 Å². The van der Waals surface area contributed by atoms with Gasteiger partial charge in [0.2, 0.25) is 0 Å². The molecule has 0 heterocycles. The first-order valence-corrected chi connectivity index (χ1v) is 7.02. The fourth-order valence-corrected chi connectivity index (χ4v) is 1.75. The molecule has 4 heteroatoms. The maximum Gasteiger partial charge on any atom is 0.320 e. The number of rotatable bonds is 5. The van der Waals surface area contributed by atoms with Gasteiger partial charge in [0.15, 0.2) is 0 Å². The molecule has 0 radical (unpaired) electrons. The second kappa shape index (κ2) is 12.6. The van der Waals surface area contributed by atoms with Gasteiger partial charge >= 0.3 is 5.97 Å². The number of nitrogens with two attached hydrogens (primary N) is 2. The Morgan fingerprint density at radius 3 is 2.11 bits per heavy atom. The van der Waals surface area contributed by atoms with Crippen LogP contribution in [0.1, 0.15) is 57.8 Å². The Kier molecular flexibility index (Phi) is 12.0. The Morgan fingerprint density at radius 1 is 1.11 bits per heavy atom. The van der Waals surface area contributed by atoms with E-state index in [0.717, 1.165) is 12.8 Å². The van der Waals surface area contributed by atoms with Crippen LogP contribution in [0.15, 0.2) is 12.2 Å². The van der Waals surface area contributed by atoms with Crippen molar-refractivity contribution >= 4 is 5.97 Å². The molecule has 0 spiro atoms. The van der Waals surface area contributed by atoms with Crippen LogP contribution in [-0.4, -0.2) is 23.7 Å². The zero-order valence-corrected chi connectivity index (χ0v) is 11.3. The molecule has 18 heavy (non-hydrogen) atoms. The lowest BCUT2D eigenvalue weighted by molar-refractivity contribution is -0.138. The van der Waals surface area contributed by atoms with Crippen LogP contribution >= 0.6 is 0 Å². The van der Waals surface area contributed by atoms with Crippen LogP contribution in [-0.2, 0) is 4.79 Å². The minimum atomic E-state index is -0.933. The highest BCUT2D eigenvalue weighted by Crippen LogP contribution is 2.09. The van der Waals surface area contributed by atoms with Crippen molar-refractivity contribution in [3.63, 3.8) is 0 Å². The molecule has 0 saturated carbocycles. The van der Waals surface area contributed by atoms with Gasteiger partial charge in [-0.15, -0.1) is 0 Å². The fourth-order valence-electron chi connectivity index (χ4n) is 1.75. The van der Waals surface area contributed by atoms with Gasteiger partial charge in [-0.2, -0.15) is 0 Å². The zero-order chi connectivity index (χ0) is 13.6. The van der Waals surface area contributed by atoms with Gasteiger partial charge in [-0.05, 0) is 45.1 Å². The van der Waals surface area contributed by atoms with E-state index in [2.05, 4.69) is 12.2 Å². The van der Waals surface area contributed by atoms with Crippen molar-refractivity contribution in [2.24, 2.45) is 11.5 Å². The van der Waals surface area contributed by atoms with Crippen molar-refractivity contribution in [2.45, 2.75) is 63.8 Å². The summed E-state index contributed by atoms with van der Waals surface area (Å²) in [5, 5.41) is 8.33. The van der Waals surface area contributed by atoms with Crippen molar-refractivity contribution in [1.29, 1.82) is 0 Å². The molecule has 0 saturated heterocycles. The number of carboxylic acid groups (broad SMARTS) is 1. The lowest BCUT2D eigenvalue weighted by atomic mass is 10.1. The minimum Gasteiger partial charge on any atom is -0.480 e. The smallest absolute Gasteiger partial charge is 0.320 e. The van der Waals surface area contributed by atoms with Gasteiger partial charge in [-0.25, -0.2) is 0 Å². The van der Waals surface area contributed by atoms with E-state index in [1.165, 1.54) is 38.5 Å². The van der Waals surface area contributed by atoms with E-state index in [1.807, 2.05) is 0 Å². The van der Waals surface area contributed by atoms with Crippen LogP contribution in [0.5, 0.6) is 0 Å². The third-order valence-electron chi connectivity index (χ3n) is 2.94. The molecule has 4 nitrogen and oxygen atoms in total. The summed E-state index contributed by atoms with van der Waals surface area (Å²) in [6.45, 7) is 0.604. The molecule has 0 unspecified atom stereocenters. The summed E-state index contributed by atoms with van der Waals surface area (Å²) in [5.41, 5.74) is 10.4. The molecule has 0 fully saturated rings. The predicted molar refractivity (Wildman–Crippen MR) is 75.4 cm³/mol. The van der Waals surface area contributed by atoms with Crippen LogP contribution < -0.4 is 11.5 Å². The molecule has 0 aliphatic heterocycles. The average Bonchev–Trinajstić information content (AvgIpc) is 2.29. The molecule has 1 rings (SSSR count). The third-order valence-corrected chi connectivity index (χ3v) is 2.94. The molecular weight excluding hydrogens is 228 g/mol. The molecule has 0 bridgehead atoms. The second-order valence-electron chi connectivity index (χ2n) is 4.69. The molecule has 1 atom stereocenters. The van der Waals surface area contributed by atoms with E-state index in [9.17, 15) is 4.79 Å². The zero-order valence-electron chi connectivity index (χ0n) is 11.3. The maximum atomic E-state index is 10.1. The summed E-state index contributed by atoms with van der Waals surface area (Å²) in [4.78, 5) is 10.1. The Hall–Kier alpha value is -0.870. The lowest BCUT2D eigenvalue weighted by Gasteiger charge is -2.03. The summed E-state index contributed by atoms with van der Waals surface area (Å²) in [5.74, 6) is -0.933. The standard InChI is InChI=1S/C8H14.C6H14N2O2/c1-2-4-6-8-7-5-3-1;7-4-2-1-3-5(8)6(9)10/h1-2H,3-8H2;5H,1-4,7-8H2,(H,9,10)/t;5-/m.0/s1. The van der Waals surface area contributed by atoms with Crippen LogP contribution in [0.4, 0.5) is 0 Å². The van der Waals surface area contributed by atoms with Gasteiger partial charge in [0.05, 0.1) is 0 Å². The summed E-state index contributed by atoms with van der Waals surface area (Å²) in [6, 6.07) is -0.716. The predicted octanol–water partition coefficient (Wildman–Crippen LogP) is 2.42. The highest BCUT2D eigenvalue weighted by Gasteiger charge is 2.09. The van der Waals surface area contributed by atoms with Gasteiger partial charge in [0.25, 0.3) is 0 Å². The molecule has 106 valence electrons. The Balaban J connectivity index is 0.000000327. The van der Waals surface area contributed by atoms with Crippen molar-refractivity contribution < 1.29 is 9.90 Å². The normalized spacial score (nSPS) is 17.0. The first kappa shape index (κ1) is 17.1. The van der Waals surface area contributed by atoms with Crippen molar-refractivity contribution in [1.82, 2.24) is 0 Å². The van der Waals surface area contributed by atoms with E-state index >= 15 is 0 Å². The summed E-state index contributed by atoms with van der Waals surface area (Å²) >= 11 is 0. The second-order valence-corrected chi connectivity index (χ2v) is 4.69. The highest BCUT2D eigenvalue weighted by molar-refractivity contribution is 5.72. The Bertz CT molecular complexity index is 220. The minimum absolute atomic E-state index is 0.520. The van der Waals surface area contributed by atoms with Gasteiger partial charge in [-0.1, -0.05) is 31.4 Å². The van der Waals surface area contributed by atoms with E-state index in [1.54, 1.807) is 0 Å². The molecule has 0 aromatic carbocycles. The number of hydrogen-bond donors (Lipinski definition) is 3. The monoisotopic (exact) mass is 256 g/mol. The maximum absolute atomic E-state index is 10.1. The first-order chi connectivity index (χ1) is 8.68. The van der Waals surface area contributed by atoms with E-state index in [-0.39, 0.29) is 0 Å². The number of allylic oxidation sites excluding steroid dienone is 2. The number of aliphatic carboxylic acids is 1. The van der Waals surface area contributed by atoms with E-state index in [4.69, 9.17) is 16.6 Å². The quantitative estimate of drug-likeness (QED) is 0.520. The highest BCUT2D eigenvalue weighted by atomic mass is 16.4. The molecule has 1 aliphatic carbocycles. The molecule has 0 aromatic heterocycles. The number of carbonyl (C=O) groups is 1. The first-order valence-electron chi connectivity index (χ1n) is 7.02. The summed E-state index contributed by atoms with van der Waals surface area (Å²) in [7, 11) is 0. The van der Waals surface area contributed by atoms with Gasteiger partial charge in [0.1, 0.15) is 6.04 Å². The lowest BCUT2D eigenvalue weighted by Crippen LogP contribution is -2.29.